The third kappa shape index (κ3) is 2.81. The van der Waals surface area contributed by atoms with Gasteiger partial charge in [-0.2, -0.15) is 0 Å². The van der Waals surface area contributed by atoms with Crippen molar-refractivity contribution in [1.82, 2.24) is 14.9 Å². The molecule has 0 radical (unpaired) electrons. The molecule has 132 valence electrons. The van der Waals surface area contributed by atoms with E-state index in [4.69, 9.17) is 4.74 Å². The maximum atomic E-state index is 12.6. The molecule has 0 fully saturated rings. The van der Waals surface area contributed by atoms with Gasteiger partial charge in [-0.1, -0.05) is 6.07 Å². The number of aromatic nitrogens is 2. The van der Waals surface area contributed by atoms with Crippen LogP contribution in [0, 0.1) is 0 Å². The summed E-state index contributed by atoms with van der Waals surface area (Å²) >= 11 is 0. The Morgan fingerprint density at radius 2 is 2.08 bits per heavy atom. The maximum Gasteiger partial charge on any atom is 0.251 e. The zero-order chi connectivity index (χ0) is 18.1. The van der Waals surface area contributed by atoms with Gasteiger partial charge in [0, 0.05) is 53.4 Å². The highest BCUT2D eigenvalue weighted by Gasteiger charge is 2.12. The lowest BCUT2D eigenvalue weighted by molar-refractivity contribution is 0.0956. The first kappa shape index (κ1) is 16.3. The van der Waals surface area contributed by atoms with Gasteiger partial charge in [-0.3, -0.25) is 4.79 Å². The van der Waals surface area contributed by atoms with E-state index >= 15 is 0 Å². The van der Waals surface area contributed by atoms with Crippen molar-refractivity contribution < 1.29 is 9.53 Å². The number of aryl methyl sites for hydroxylation is 1. The van der Waals surface area contributed by atoms with Crippen LogP contribution in [0.3, 0.4) is 0 Å². The van der Waals surface area contributed by atoms with Crippen LogP contribution in [0.2, 0.25) is 0 Å². The number of rotatable bonds is 5. The van der Waals surface area contributed by atoms with Gasteiger partial charge in [0.05, 0.1) is 7.11 Å². The van der Waals surface area contributed by atoms with Crippen molar-refractivity contribution in [2.75, 3.05) is 13.7 Å². The summed E-state index contributed by atoms with van der Waals surface area (Å²) in [6.45, 7) is 0.576. The minimum atomic E-state index is -0.0424. The van der Waals surface area contributed by atoms with Gasteiger partial charge in [0.25, 0.3) is 5.91 Å². The molecule has 0 aliphatic rings. The predicted molar refractivity (Wildman–Crippen MR) is 104 cm³/mol. The predicted octanol–water partition coefficient (Wildman–Crippen LogP) is 3.64. The minimum Gasteiger partial charge on any atom is -0.497 e. The first-order chi connectivity index (χ1) is 12.7. The third-order valence-electron chi connectivity index (χ3n) is 4.83. The van der Waals surface area contributed by atoms with E-state index in [2.05, 4.69) is 10.3 Å². The Kier molecular flexibility index (Phi) is 4.13. The highest BCUT2D eigenvalue weighted by Crippen LogP contribution is 2.24. The Bertz CT molecular complexity index is 1090. The summed E-state index contributed by atoms with van der Waals surface area (Å²) in [5.74, 6) is 0.789. The van der Waals surface area contributed by atoms with Crippen molar-refractivity contribution in [2.45, 2.75) is 6.42 Å². The number of aromatic amines is 1. The van der Waals surface area contributed by atoms with Crippen LogP contribution in [0.5, 0.6) is 5.75 Å². The van der Waals surface area contributed by atoms with Gasteiger partial charge in [0.1, 0.15) is 5.75 Å². The molecule has 2 aromatic heterocycles. The number of hydrogen-bond donors (Lipinski definition) is 2. The Morgan fingerprint density at radius 1 is 1.19 bits per heavy atom. The Labute approximate surface area is 151 Å². The van der Waals surface area contributed by atoms with Crippen molar-refractivity contribution in [1.29, 1.82) is 0 Å². The summed E-state index contributed by atoms with van der Waals surface area (Å²) in [4.78, 5) is 15.9. The number of fused-ring (bicyclic) bond motifs is 2. The number of carbonyl (C=O) groups excluding carboxylic acids is 1. The number of benzene rings is 2. The number of H-pyrrole nitrogens is 1. The number of nitrogens with one attached hydrogen (secondary N) is 2. The molecule has 0 atom stereocenters. The SMILES string of the molecule is COc1ccc2[nH]cc(CCNC(=O)c3cccc4c3ccn4C)c2c1. The lowest BCUT2D eigenvalue weighted by Gasteiger charge is -2.07. The molecule has 0 aliphatic heterocycles. The first-order valence-corrected chi connectivity index (χ1v) is 8.63. The smallest absolute Gasteiger partial charge is 0.251 e. The van der Waals surface area contributed by atoms with Gasteiger partial charge in [-0.15, -0.1) is 0 Å². The molecule has 2 N–H and O–H groups in total. The average molecular weight is 347 g/mol. The van der Waals surface area contributed by atoms with Crippen molar-refractivity contribution >= 4 is 27.7 Å². The zero-order valence-electron chi connectivity index (χ0n) is 14.9. The van der Waals surface area contributed by atoms with Gasteiger partial charge < -0.3 is 19.6 Å². The maximum absolute atomic E-state index is 12.6. The summed E-state index contributed by atoms with van der Waals surface area (Å²) in [6.07, 6.45) is 4.72. The van der Waals surface area contributed by atoms with Crippen LogP contribution in [0.4, 0.5) is 0 Å². The van der Waals surface area contributed by atoms with E-state index in [1.54, 1.807) is 7.11 Å². The Balaban J connectivity index is 1.48. The first-order valence-electron chi connectivity index (χ1n) is 8.63. The fraction of sp³-hybridized carbons (Fsp3) is 0.190. The summed E-state index contributed by atoms with van der Waals surface area (Å²) in [6, 6.07) is 13.8. The number of carbonyl (C=O) groups is 1. The zero-order valence-corrected chi connectivity index (χ0v) is 14.9. The molecule has 0 saturated heterocycles. The number of ether oxygens (including phenoxy) is 1. The highest BCUT2D eigenvalue weighted by atomic mass is 16.5. The summed E-state index contributed by atoms with van der Waals surface area (Å²) in [5, 5.41) is 5.14. The van der Waals surface area contributed by atoms with Gasteiger partial charge in [0.2, 0.25) is 0 Å². The number of methoxy groups -OCH3 is 1. The van der Waals surface area contributed by atoms with Crippen molar-refractivity contribution in [3.63, 3.8) is 0 Å². The minimum absolute atomic E-state index is 0.0424. The second-order valence-corrected chi connectivity index (χ2v) is 6.40. The Hall–Kier alpha value is -3.21. The van der Waals surface area contributed by atoms with Crippen LogP contribution in [-0.2, 0) is 13.5 Å². The normalized spacial score (nSPS) is 11.2. The van der Waals surface area contributed by atoms with Crippen LogP contribution in [0.15, 0.2) is 54.9 Å². The molecule has 5 nitrogen and oxygen atoms in total. The molecule has 2 heterocycles. The van der Waals surface area contributed by atoms with E-state index in [1.165, 1.54) is 0 Å². The van der Waals surface area contributed by atoms with Gasteiger partial charge in [-0.25, -0.2) is 0 Å². The van der Waals surface area contributed by atoms with Gasteiger partial charge >= 0.3 is 0 Å². The highest BCUT2D eigenvalue weighted by molar-refractivity contribution is 6.06. The molecule has 26 heavy (non-hydrogen) atoms. The van der Waals surface area contributed by atoms with E-state index in [9.17, 15) is 4.79 Å². The summed E-state index contributed by atoms with van der Waals surface area (Å²) < 4.78 is 7.32. The van der Waals surface area contributed by atoms with E-state index in [0.29, 0.717) is 12.1 Å². The van der Waals surface area contributed by atoms with Crippen LogP contribution in [0.25, 0.3) is 21.8 Å². The monoisotopic (exact) mass is 347 g/mol. The van der Waals surface area contributed by atoms with Crippen molar-refractivity contribution in [2.24, 2.45) is 7.05 Å². The molecule has 0 bridgehead atoms. The van der Waals surface area contributed by atoms with Crippen LogP contribution in [0.1, 0.15) is 15.9 Å². The fourth-order valence-corrected chi connectivity index (χ4v) is 3.40. The molecule has 1 amide bonds. The quantitative estimate of drug-likeness (QED) is 0.579. The molecule has 0 saturated carbocycles. The summed E-state index contributed by atoms with van der Waals surface area (Å²) in [5.41, 5.74) is 4.00. The summed E-state index contributed by atoms with van der Waals surface area (Å²) in [7, 11) is 3.65. The molecule has 4 aromatic rings. The second-order valence-electron chi connectivity index (χ2n) is 6.40. The van der Waals surface area contributed by atoms with Crippen LogP contribution < -0.4 is 10.1 Å². The van der Waals surface area contributed by atoms with E-state index in [-0.39, 0.29) is 5.91 Å². The lowest BCUT2D eigenvalue weighted by atomic mass is 10.1. The molecule has 0 aliphatic carbocycles. The number of amides is 1. The molecule has 2 aromatic carbocycles. The fourth-order valence-electron chi connectivity index (χ4n) is 3.40. The topological polar surface area (TPSA) is 59.0 Å². The van der Waals surface area contributed by atoms with Crippen molar-refractivity contribution in [3.05, 3.63) is 66.0 Å². The molecule has 0 unspecified atom stereocenters. The average Bonchev–Trinajstić information content (AvgIpc) is 3.25. The third-order valence-corrected chi connectivity index (χ3v) is 4.83. The Morgan fingerprint density at radius 3 is 2.92 bits per heavy atom. The molecular weight excluding hydrogens is 326 g/mol. The standard InChI is InChI=1S/C21H21N3O2/c1-24-11-9-16-17(4-3-5-20(16)24)21(25)22-10-8-14-13-23-19-7-6-15(26-2)12-18(14)19/h3-7,9,11-13,23H,8,10H2,1-2H3,(H,22,25). The molecular formula is C21H21N3O2. The molecule has 0 spiro atoms. The van der Waals surface area contributed by atoms with Gasteiger partial charge in [-0.05, 0) is 48.4 Å². The molecule has 5 heteroatoms. The van der Waals surface area contributed by atoms with E-state index in [1.807, 2.05) is 66.5 Å². The van der Waals surface area contributed by atoms with Crippen LogP contribution in [-0.4, -0.2) is 29.1 Å². The second kappa shape index (κ2) is 6.59. The number of nitrogens with zero attached hydrogens (tertiary/aromatic N) is 1. The molecule has 4 rings (SSSR count). The van der Waals surface area contributed by atoms with E-state index < -0.39 is 0 Å². The largest absolute Gasteiger partial charge is 0.497 e. The van der Waals surface area contributed by atoms with Crippen LogP contribution >= 0.6 is 0 Å². The van der Waals surface area contributed by atoms with Crippen molar-refractivity contribution in [3.8, 4) is 5.75 Å². The number of hydrogen-bond acceptors (Lipinski definition) is 2. The lowest BCUT2D eigenvalue weighted by Crippen LogP contribution is -2.25. The van der Waals surface area contributed by atoms with Gasteiger partial charge in [0.15, 0.2) is 0 Å². The van der Waals surface area contributed by atoms with E-state index in [0.717, 1.165) is 39.5 Å².